The Morgan fingerprint density at radius 2 is 1.26 bits per heavy atom. The van der Waals surface area contributed by atoms with Crippen molar-refractivity contribution in [2.24, 2.45) is 0 Å². The smallest absolute Gasteiger partial charge is 0.338 e. The highest BCUT2D eigenvalue weighted by atomic mass is 16.6. The zero-order valence-corrected chi connectivity index (χ0v) is 20.8. The third-order valence-corrected chi connectivity index (χ3v) is 5.85. The number of aliphatic hydroxyl groups is 2. The van der Waals surface area contributed by atoms with Gasteiger partial charge in [0.05, 0.1) is 6.61 Å². The van der Waals surface area contributed by atoms with Crippen LogP contribution in [0.3, 0.4) is 0 Å². The number of carbonyl (C=O) groups excluding carboxylic acids is 3. The number of phenols is 4. The third-order valence-electron chi connectivity index (χ3n) is 5.85. The minimum Gasteiger partial charge on any atom is -0.504 e. The highest BCUT2D eigenvalue weighted by Gasteiger charge is 2.53. The maximum absolute atomic E-state index is 12.5. The summed E-state index contributed by atoms with van der Waals surface area (Å²) in [6.45, 7) is 1.45. The first-order valence-corrected chi connectivity index (χ1v) is 11.8. The Kier molecular flexibility index (Phi) is 9.17. The van der Waals surface area contributed by atoms with Crippen molar-refractivity contribution in [3.8, 4) is 23.0 Å². The molecule has 2 aromatic carbocycles. The summed E-state index contributed by atoms with van der Waals surface area (Å²) in [4.78, 5) is 37.4. The van der Waals surface area contributed by atoms with Crippen LogP contribution in [0.15, 0.2) is 48.6 Å². The fourth-order valence-corrected chi connectivity index (χ4v) is 3.88. The number of ether oxygens (including phenoxy) is 3. The van der Waals surface area contributed by atoms with Gasteiger partial charge in [0.2, 0.25) is 0 Å². The highest BCUT2D eigenvalue weighted by molar-refractivity contribution is 5.88. The van der Waals surface area contributed by atoms with Crippen molar-refractivity contribution >= 4 is 30.1 Å². The van der Waals surface area contributed by atoms with Gasteiger partial charge in [0.25, 0.3) is 0 Å². The van der Waals surface area contributed by atoms with E-state index >= 15 is 0 Å². The molecule has 0 spiro atoms. The van der Waals surface area contributed by atoms with Crippen LogP contribution in [0.2, 0.25) is 0 Å². The normalized spacial score (nSPS) is 23.0. The number of hydrogen-bond donors (Lipinski definition) is 6. The molecule has 0 bridgehead atoms. The minimum atomic E-state index is -2.25. The fraction of sp³-hybridized carbons (Fsp3) is 0.296. The maximum Gasteiger partial charge on any atom is 0.338 e. The quantitative estimate of drug-likeness (QED) is 0.121. The molecule has 2 aromatic rings. The van der Waals surface area contributed by atoms with Crippen LogP contribution in [0.5, 0.6) is 23.0 Å². The van der Waals surface area contributed by atoms with E-state index in [1.807, 2.05) is 0 Å². The Morgan fingerprint density at radius 1 is 0.821 bits per heavy atom. The standard InChI is InChI=1S/C27H28O12/c1-2-37-26(35)27(36)13-21(38-23(32)9-5-15-3-7-17(28)19(30)11-15)25(34)22(14-27)39-24(33)10-6-16-4-8-18(29)20(31)12-16/h3-12,21-22,25,28-31,34,36H,2,13-14H2,1H3/t21-,22-,25?,27?/m0/s1. The SMILES string of the molecule is CCOC(=O)C1(O)C[C@H](OC(=O)C=Cc2ccc(O)c(O)c2)C(O)[C@@H](OC(=O)C=Cc2ccc(O)c(O)c2)C1. The van der Waals surface area contributed by atoms with Crippen molar-refractivity contribution in [1.82, 2.24) is 0 Å². The first-order chi connectivity index (χ1) is 18.4. The number of esters is 3. The van der Waals surface area contributed by atoms with Crippen molar-refractivity contribution < 1.29 is 59.2 Å². The second-order valence-electron chi connectivity index (χ2n) is 8.76. The lowest BCUT2D eigenvalue weighted by Gasteiger charge is -2.41. The third kappa shape index (κ3) is 7.49. The molecule has 208 valence electrons. The van der Waals surface area contributed by atoms with Crippen LogP contribution in [0.25, 0.3) is 12.2 Å². The number of rotatable bonds is 8. The Balaban J connectivity index is 1.75. The van der Waals surface area contributed by atoms with Crippen LogP contribution >= 0.6 is 0 Å². The van der Waals surface area contributed by atoms with E-state index in [0.29, 0.717) is 11.1 Å². The summed E-state index contributed by atoms with van der Waals surface area (Å²) in [5, 5.41) is 59.7. The van der Waals surface area contributed by atoms with E-state index in [2.05, 4.69) is 0 Å². The average molecular weight is 545 g/mol. The number of benzene rings is 2. The molecule has 1 aliphatic carbocycles. The van der Waals surface area contributed by atoms with Crippen molar-refractivity contribution in [2.75, 3.05) is 6.61 Å². The van der Waals surface area contributed by atoms with Crippen LogP contribution in [0, 0.1) is 0 Å². The van der Waals surface area contributed by atoms with Crippen LogP contribution in [-0.4, -0.2) is 79.1 Å². The van der Waals surface area contributed by atoms with Crippen molar-refractivity contribution in [2.45, 2.75) is 43.7 Å². The van der Waals surface area contributed by atoms with Gasteiger partial charge in [-0.2, -0.15) is 0 Å². The summed E-state index contributed by atoms with van der Waals surface area (Å²) in [6, 6.07) is 7.63. The summed E-state index contributed by atoms with van der Waals surface area (Å²) in [7, 11) is 0. The summed E-state index contributed by atoms with van der Waals surface area (Å²) in [6.07, 6.45) is -1.20. The molecule has 0 unspecified atom stereocenters. The fourth-order valence-electron chi connectivity index (χ4n) is 3.88. The molecule has 12 nitrogen and oxygen atoms in total. The molecule has 0 amide bonds. The second-order valence-corrected chi connectivity index (χ2v) is 8.76. The van der Waals surface area contributed by atoms with E-state index in [1.165, 1.54) is 55.5 Å². The van der Waals surface area contributed by atoms with Crippen LogP contribution in [0.1, 0.15) is 30.9 Å². The predicted molar refractivity (Wildman–Crippen MR) is 134 cm³/mol. The molecule has 1 aliphatic rings. The first-order valence-electron chi connectivity index (χ1n) is 11.8. The van der Waals surface area contributed by atoms with Crippen LogP contribution in [0.4, 0.5) is 0 Å². The Bertz CT molecular complexity index is 1200. The molecule has 1 saturated carbocycles. The van der Waals surface area contributed by atoms with Gasteiger partial charge >= 0.3 is 17.9 Å². The van der Waals surface area contributed by atoms with Gasteiger partial charge in [0.1, 0.15) is 18.3 Å². The average Bonchev–Trinajstić information content (AvgIpc) is 2.88. The number of carbonyl (C=O) groups is 3. The zero-order valence-electron chi connectivity index (χ0n) is 20.8. The molecule has 3 rings (SSSR count). The van der Waals surface area contributed by atoms with Crippen molar-refractivity contribution in [1.29, 1.82) is 0 Å². The lowest BCUT2D eigenvalue weighted by Crippen LogP contribution is -2.58. The van der Waals surface area contributed by atoms with E-state index in [0.717, 1.165) is 12.2 Å². The molecule has 39 heavy (non-hydrogen) atoms. The largest absolute Gasteiger partial charge is 0.504 e. The topological polar surface area (TPSA) is 200 Å². The van der Waals surface area contributed by atoms with Gasteiger partial charge < -0.3 is 44.8 Å². The molecule has 0 aromatic heterocycles. The molecule has 2 atom stereocenters. The Hall–Kier alpha value is -4.55. The van der Waals surface area contributed by atoms with Gasteiger partial charge in [0, 0.05) is 25.0 Å². The minimum absolute atomic E-state index is 0.0664. The number of aliphatic hydroxyl groups excluding tert-OH is 1. The molecule has 12 heteroatoms. The molecule has 1 fully saturated rings. The summed E-state index contributed by atoms with van der Waals surface area (Å²) < 4.78 is 15.4. The van der Waals surface area contributed by atoms with Gasteiger partial charge in [-0.25, -0.2) is 14.4 Å². The summed E-state index contributed by atoms with van der Waals surface area (Å²) >= 11 is 0. The highest BCUT2D eigenvalue weighted by Crippen LogP contribution is 2.34. The number of aromatic hydroxyl groups is 4. The molecule has 0 heterocycles. The lowest BCUT2D eigenvalue weighted by molar-refractivity contribution is -0.206. The number of phenolic OH excluding ortho intramolecular Hbond substituents is 4. The first kappa shape index (κ1) is 29.0. The lowest BCUT2D eigenvalue weighted by atomic mass is 9.79. The summed E-state index contributed by atoms with van der Waals surface area (Å²) in [5.74, 6) is -4.52. The van der Waals surface area contributed by atoms with Gasteiger partial charge in [-0.15, -0.1) is 0 Å². The molecule has 6 N–H and O–H groups in total. The molecular weight excluding hydrogens is 516 g/mol. The molecule has 0 radical (unpaired) electrons. The van der Waals surface area contributed by atoms with Gasteiger partial charge in [-0.3, -0.25) is 0 Å². The van der Waals surface area contributed by atoms with Gasteiger partial charge in [0.15, 0.2) is 28.6 Å². The van der Waals surface area contributed by atoms with Gasteiger partial charge in [-0.05, 0) is 54.5 Å². The predicted octanol–water partition coefficient (Wildman–Crippen LogP) is 1.51. The van der Waals surface area contributed by atoms with Crippen LogP contribution < -0.4 is 0 Å². The monoisotopic (exact) mass is 544 g/mol. The van der Waals surface area contributed by atoms with Crippen molar-refractivity contribution in [3.63, 3.8) is 0 Å². The van der Waals surface area contributed by atoms with Crippen molar-refractivity contribution in [3.05, 3.63) is 59.7 Å². The van der Waals surface area contributed by atoms with Gasteiger partial charge in [-0.1, -0.05) is 12.1 Å². The van der Waals surface area contributed by atoms with E-state index in [9.17, 15) is 45.0 Å². The Morgan fingerprint density at radius 3 is 1.64 bits per heavy atom. The van der Waals surface area contributed by atoms with E-state index in [1.54, 1.807) is 0 Å². The molecule has 0 aliphatic heterocycles. The van der Waals surface area contributed by atoms with E-state index in [-0.39, 0.29) is 18.1 Å². The van der Waals surface area contributed by atoms with E-state index in [4.69, 9.17) is 14.2 Å². The Labute approximate surface area is 222 Å². The second kappa shape index (κ2) is 12.3. The summed E-state index contributed by atoms with van der Waals surface area (Å²) in [5.41, 5.74) is -1.56. The maximum atomic E-state index is 12.5. The number of hydrogen-bond acceptors (Lipinski definition) is 12. The molecule has 0 saturated heterocycles. The van der Waals surface area contributed by atoms with E-state index < -0.39 is 66.2 Å². The van der Waals surface area contributed by atoms with Crippen LogP contribution in [-0.2, 0) is 28.6 Å². The zero-order chi connectivity index (χ0) is 28.7. The molecular formula is C27H28O12.